The Bertz CT molecular complexity index is 759. The lowest BCUT2D eigenvalue weighted by Gasteiger charge is -2.34. The Balaban J connectivity index is 1.49. The van der Waals surface area contributed by atoms with E-state index < -0.39 is 0 Å². The number of rotatable bonds is 4. The van der Waals surface area contributed by atoms with Gasteiger partial charge in [-0.1, -0.05) is 29.3 Å². The molecule has 8 heteroatoms. The average Bonchev–Trinajstić information content (AvgIpc) is 3.15. The summed E-state index contributed by atoms with van der Waals surface area (Å²) in [7, 11) is 0. The molecule has 0 unspecified atom stereocenters. The van der Waals surface area contributed by atoms with Crippen LogP contribution in [-0.4, -0.2) is 54.3 Å². The molecule has 1 fully saturated rings. The van der Waals surface area contributed by atoms with E-state index in [-0.39, 0.29) is 18.4 Å². The van der Waals surface area contributed by atoms with Gasteiger partial charge in [0.25, 0.3) is 5.91 Å². The van der Waals surface area contributed by atoms with Crippen LogP contribution >= 0.6 is 34.5 Å². The lowest BCUT2D eigenvalue weighted by atomic mass is 10.2. The molecular formula is C17H17Cl2N3O2S. The quantitative estimate of drug-likeness (QED) is 0.859. The molecule has 1 aromatic carbocycles. The Morgan fingerprint density at radius 2 is 1.80 bits per heavy atom. The van der Waals surface area contributed by atoms with Crippen molar-refractivity contribution in [2.75, 3.05) is 38.0 Å². The number of hydrogen-bond donors (Lipinski definition) is 1. The van der Waals surface area contributed by atoms with Crippen LogP contribution in [-0.2, 0) is 4.79 Å². The van der Waals surface area contributed by atoms with Crippen LogP contribution in [0.5, 0.6) is 0 Å². The number of amides is 2. The van der Waals surface area contributed by atoms with E-state index in [9.17, 15) is 9.59 Å². The number of thiophene rings is 1. The largest absolute Gasteiger partial charge is 0.375 e. The molecule has 2 heterocycles. The highest BCUT2D eigenvalue weighted by atomic mass is 35.5. The summed E-state index contributed by atoms with van der Waals surface area (Å²) in [5, 5.41) is 5.95. The highest BCUT2D eigenvalue weighted by Gasteiger charge is 2.25. The van der Waals surface area contributed by atoms with Crippen LogP contribution in [0.4, 0.5) is 5.69 Å². The van der Waals surface area contributed by atoms with Gasteiger partial charge in [-0.05, 0) is 29.6 Å². The number of halogens is 2. The van der Waals surface area contributed by atoms with Gasteiger partial charge in [-0.3, -0.25) is 9.59 Å². The fourth-order valence-electron chi connectivity index (χ4n) is 2.63. The van der Waals surface area contributed by atoms with Gasteiger partial charge in [0.05, 0.1) is 22.1 Å². The third-order valence-corrected chi connectivity index (χ3v) is 5.42. The van der Waals surface area contributed by atoms with Gasteiger partial charge < -0.3 is 15.1 Å². The molecular weight excluding hydrogens is 381 g/mol. The maximum absolute atomic E-state index is 12.3. The summed E-state index contributed by atoms with van der Waals surface area (Å²) < 4.78 is 0. The second-order valence-electron chi connectivity index (χ2n) is 5.63. The number of carbonyl (C=O) groups is 2. The first-order chi connectivity index (χ1) is 12.0. The zero-order valence-electron chi connectivity index (χ0n) is 13.4. The average molecular weight is 398 g/mol. The number of nitrogens with zero attached hydrogens (tertiary/aromatic N) is 2. The highest BCUT2D eigenvalue weighted by molar-refractivity contribution is 7.12. The molecule has 0 spiro atoms. The van der Waals surface area contributed by atoms with E-state index in [2.05, 4.69) is 5.32 Å². The maximum Gasteiger partial charge on any atom is 0.264 e. The summed E-state index contributed by atoms with van der Waals surface area (Å²) in [4.78, 5) is 28.9. The SMILES string of the molecule is O=C(CNc1ccc(Cl)cc1Cl)N1CCN(C(=O)c2cccs2)CC1. The normalized spacial score (nSPS) is 14.5. The Hall–Kier alpha value is -1.76. The summed E-state index contributed by atoms with van der Waals surface area (Å²) in [6, 6.07) is 8.78. The van der Waals surface area contributed by atoms with Gasteiger partial charge >= 0.3 is 0 Å². The van der Waals surface area contributed by atoms with Crippen LogP contribution in [0.3, 0.4) is 0 Å². The van der Waals surface area contributed by atoms with Gasteiger partial charge in [-0.25, -0.2) is 0 Å². The van der Waals surface area contributed by atoms with Crippen molar-refractivity contribution in [1.29, 1.82) is 0 Å². The maximum atomic E-state index is 12.3. The lowest BCUT2D eigenvalue weighted by molar-refractivity contribution is -0.130. The number of carbonyl (C=O) groups excluding carboxylic acids is 2. The zero-order valence-corrected chi connectivity index (χ0v) is 15.7. The van der Waals surface area contributed by atoms with E-state index in [1.165, 1.54) is 11.3 Å². The number of benzene rings is 1. The van der Waals surface area contributed by atoms with Crippen molar-refractivity contribution in [3.63, 3.8) is 0 Å². The minimum Gasteiger partial charge on any atom is -0.375 e. The second-order valence-corrected chi connectivity index (χ2v) is 7.42. The molecule has 5 nitrogen and oxygen atoms in total. The fraction of sp³-hybridized carbons (Fsp3) is 0.294. The van der Waals surface area contributed by atoms with Crippen molar-refractivity contribution in [3.8, 4) is 0 Å². The van der Waals surface area contributed by atoms with Crippen molar-refractivity contribution in [1.82, 2.24) is 9.80 Å². The first-order valence-electron chi connectivity index (χ1n) is 7.84. The van der Waals surface area contributed by atoms with Gasteiger partial charge in [-0.2, -0.15) is 0 Å². The first kappa shape index (κ1) is 18.0. The standard InChI is InChI=1S/C17H17Cl2N3O2S/c18-12-3-4-14(13(19)10-12)20-11-16(23)21-5-7-22(8-6-21)17(24)15-2-1-9-25-15/h1-4,9-10,20H,5-8,11H2. The van der Waals surface area contributed by atoms with E-state index in [0.29, 0.717) is 41.9 Å². The summed E-state index contributed by atoms with van der Waals surface area (Å²) in [5.74, 6) is 0.0161. The van der Waals surface area contributed by atoms with Crippen LogP contribution < -0.4 is 5.32 Å². The van der Waals surface area contributed by atoms with Gasteiger partial charge in [-0.15, -0.1) is 11.3 Å². The number of nitrogens with one attached hydrogen (secondary N) is 1. The van der Waals surface area contributed by atoms with E-state index in [1.807, 2.05) is 17.5 Å². The van der Waals surface area contributed by atoms with Gasteiger partial charge in [0.2, 0.25) is 5.91 Å². The minimum atomic E-state index is -0.0192. The van der Waals surface area contributed by atoms with Gasteiger partial charge in [0.15, 0.2) is 0 Å². The van der Waals surface area contributed by atoms with Crippen LogP contribution in [0.25, 0.3) is 0 Å². The van der Waals surface area contributed by atoms with Gasteiger partial charge in [0.1, 0.15) is 0 Å². The number of anilines is 1. The Kier molecular flexibility index (Phi) is 5.83. The Morgan fingerprint density at radius 3 is 2.44 bits per heavy atom. The second kappa shape index (κ2) is 8.08. The molecule has 1 aliphatic heterocycles. The molecule has 1 aliphatic rings. The summed E-state index contributed by atoms with van der Waals surface area (Å²) >= 11 is 13.4. The van der Waals surface area contributed by atoms with Crippen LogP contribution in [0.2, 0.25) is 10.0 Å². The smallest absolute Gasteiger partial charge is 0.264 e. The molecule has 0 radical (unpaired) electrons. The van der Waals surface area contributed by atoms with Crippen LogP contribution in [0, 0.1) is 0 Å². The van der Waals surface area contributed by atoms with Crippen molar-refractivity contribution in [2.24, 2.45) is 0 Å². The lowest BCUT2D eigenvalue weighted by Crippen LogP contribution is -2.51. The molecule has 25 heavy (non-hydrogen) atoms. The number of piperazine rings is 1. The van der Waals surface area contributed by atoms with Crippen LogP contribution in [0.15, 0.2) is 35.7 Å². The fourth-order valence-corrected chi connectivity index (χ4v) is 3.80. The van der Waals surface area contributed by atoms with Crippen molar-refractivity contribution < 1.29 is 9.59 Å². The van der Waals surface area contributed by atoms with Crippen molar-refractivity contribution in [3.05, 3.63) is 50.6 Å². The molecule has 0 aliphatic carbocycles. The molecule has 3 rings (SSSR count). The highest BCUT2D eigenvalue weighted by Crippen LogP contribution is 2.25. The zero-order chi connectivity index (χ0) is 17.8. The monoisotopic (exact) mass is 397 g/mol. The molecule has 0 atom stereocenters. The van der Waals surface area contributed by atoms with Crippen LogP contribution in [0.1, 0.15) is 9.67 Å². The van der Waals surface area contributed by atoms with E-state index >= 15 is 0 Å². The molecule has 0 saturated carbocycles. The van der Waals surface area contributed by atoms with Crippen molar-refractivity contribution in [2.45, 2.75) is 0 Å². The number of hydrogen-bond acceptors (Lipinski definition) is 4. The molecule has 2 aromatic rings. The summed E-state index contributed by atoms with van der Waals surface area (Å²) in [6.07, 6.45) is 0. The molecule has 0 bridgehead atoms. The minimum absolute atomic E-state index is 0.0192. The molecule has 1 aromatic heterocycles. The third kappa shape index (κ3) is 4.45. The molecule has 1 N–H and O–H groups in total. The topological polar surface area (TPSA) is 52.7 Å². The third-order valence-electron chi connectivity index (χ3n) is 4.01. The molecule has 1 saturated heterocycles. The van der Waals surface area contributed by atoms with Crippen molar-refractivity contribution >= 4 is 52.0 Å². The van der Waals surface area contributed by atoms with E-state index in [4.69, 9.17) is 23.2 Å². The molecule has 2 amide bonds. The predicted molar refractivity (Wildman–Crippen MR) is 102 cm³/mol. The van der Waals surface area contributed by atoms with E-state index in [1.54, 1.807) is 28.0 Å². The predicted octanol–water partition coefficient (Wildman–Crippen LogP) is 3.45. The molecule has 132 valence electrons. The first-order valence-corrected chi connectivity index (χ1v) is 9.47. The Labute approximate surface area is 160 Å². The summed E-state index contributed by atoms with van der Waals surface area (Å²) in [5.41, 5.74) is 0.672. The van der Waals surface area contributed by atoms with Gasteiger partial charge in [0, 0.05) is 31.2 Å². The summed E-state index contributed by atoms with van der Waals surface area (Å²) in [6.45, 7) is 2.31. The van der Waals surface area contributed by atoms with E-state index in [0.717, 1.165) is 4.88 Å². The Morgan fingerprint density at radius 1 is 1.08 bits per heavy atom.